The van der Waals surface area contributed by atoms with E-state index in [2.05, 4.69) is 24.1 Å². The lowest BCUT2D eigenvalue weighted by atomic mass is 10.1. The largest absolute Gasteiger partial charge is 0.497 e. The summed E-state index contributed by atoms with van der Waals surface area (Å²) < 4.78 is 5.12. The summed E-state index contributed by atoms with van der Waals surface area (Å²) in [7, 11) is 1.56. The highest BCUT2D eigenvalue weighted by molar-refractivity contribution is 6.00. The fourth-order valence-electron chi connectivity index (χ4n) is 2.74. The molecular formula is C21H26N2O3. The first-order chi connectivity index (χ1) is 12.6. The number of anilines is 2. The van der Waals surface area contributed by atoms with E-state index in [1.807, 2.05) is 24.3 Å². The molecular weight excluding hydrogens is 328 g/mol. The number of nitrogens with one attached hydrogen (secondary N) is 1. The first-order valence-electron chi connectivity index (χ1n) is 8.89. The Morgan fingerprint density at radius 3 is 2.31 bits per heavy atom. The Hall–Kier alpha value is -2.82. The molecule has 0 saturated carbocycles. The number of hydrogen-bond donors (Lipinski definition) is 1. The molecule has 5 nitrogen and oxygen atoms in total. The maximum Gasteiger partial charge on any atom is 0.224 e. The van der Waals surface area contributed by atoms with Crippen molar-refractivity contribution in [2.45, 2.75) is 26.7 Å². The van der Waals surface area contributed by atoms with Crippen LogP contribution in [-0.2, 0) is 4.79 Å². The topological polar surface area (TPSA) is 58.6 Å². The first kappa shape index (κ1) is 19.5. The van der Waals surface area contributed by atoms with Crippen molar-refractivity contribution in [1.29, 1.82) is 0 Å². The third kappa shape index (κ3) is 5.34. The Morgan fingerprint density at radius 2 is 1.69 bits per heavy atom. The van der Waals surface area contributed by atoms with Crippen LogP contribution in [0, 0.1) is 0 Å². The molecule has 0 spiro atoms. The number of carbonyl (C=O) groups excluding carboxylic acids is 2. The highest BCUT2D eigenvalue weighted by Crippen LogP contribution is 2.18. The van der Waals surface area contributed by atoms with Gasteiger partial charge in [-0.15, -0.1) is 0 Å². The van der Waals surface area contributed by atoms with E-state index in [0.717, 1.165) is 24.5 Å². The van der Waals surface area contributed by atoms with E-state index in [4.69, 9.17) is 4.74 Å². The average molecular weight is 354 g/mol. The van der Waals surface area contributed by atoms with Gasteiger partial charge in [0, 0.05) is 42.9 Å². The lowest BCUT2D eigenvalue weighted by Crippen LogP contribution is -2.21. The van der Waals surface area contributed by atoms with Crippen molar-refractivity contribution in [3.8, 4) is 5.75 Å². The third-order valence-corrected chi connectivity index (χ3v) is 4.25. The van der Waals surface area contributed by atoms with Gasteiger partial charge in [0.05, 0.1) is 7.11 Å². The Morgan fingerprint density at radius 1 is 1.00 bits per heavy atom. The zero-order chi connectivity index (χ0) is 18.9. The van der Waals surface area contributed by atoms with Crippen LogP contribution >= 0.6 is 0 Å². The molecule has 0 atom stereocenters. The van der Waals surface area contributed by atoms with Crippen LogP contribution < -0.4 is 15.0 Å². The Kier molecular flexibility index (Phi) is 7.21. The van der Waals surface area contributed by atoms with E-state index in [1.165, 1.54) is 0 Å². The van der Waals surface area contributed by atoms with Gasteiger partial charge in [-0.25, -0.2) is 0 Å². The van der Waals surface area contributed by atoms with Crippen LogP contribution in [0.5, 0.6) is 5.75 Å². The molecule has 1 amide bonds. The van der Waals surface area contributed by atoms with Crippen molar-refractivity contribution in [3.63, 3.8) is 0 Å². The number of benzene rings is 2. The zero-order valence-corrected chi connectivity index (χ0v) is 15.6. The highest BCUT2D eigenvalue weighted by Gasteiger charge is 2.11. The van der Waals surface area contributed by atoms with Gasteiger partial charge in [0.2, 0.25) is 5.91 Å². The number of ether oxygens (including phenoxy) is 1. The number of methoxy groups -OCH3 is 1. The molecule has 2 rings (SSSR count). The van der Waals surface area contributed by atoms with E-state index in [0.29, 0.717) is 11.3 Å². The van der Waals surface area contributed by atoms with Gasteiger partial charge in [-0.05, 0) is 50.2 Å². The molecule has 0 bridgehead atoms. The van der Waals surface area contributed by atoms with Gasteiger partial charge in [-0.3, -0.25) is 9.59 Å². The maximum atomic E-state index is 12.2. The highest BCUT2D eigenvalue weighted by atomic mass is 16.5. The Bertz CT molecular complexity index is 737. The van der Waals surface area contributed by atoms with E-state index in [-0.39, 0.29) is 24.5 Å². The summed E-state index contributed by atoms with van der Waals surface area (Å²) in [6, 6.07) is 14.7. The summed E-state index contributed by atoms with van der Waals surface area (Å²) in [6.07, 6.45) is 0.310. The van der Waals surface area contributed by atoms with Gasteiger partial charge in [-0.1, -0.05) is 12.1 Å². The van der Waals surface area contributed by atoms with E-state index in [1.54, 1.807) is 31.4 Å². The number of Topliss-reactive ketones (excluding diaryl/α,β-unsaturated/α-hetero) is 1. The van der Waals surface area contributed by atoms with Gasteiger partial charge in [0.15, 0.2) is 5.78 Å². The Balaban J connectivity index is 1.87. The lowest BCUT2D eigenvalue weighted by Gasteiger charge is -2.21. The van der Waals surface area contributed by atoms with Crippen molar-refractivity contribution in [2.24, 2.45) is 0 Å². The van der Waals surface area contributed by atoms with E-state index >= 15 is 0 Å². The minimum absolute atomic E-state index is 0.0732. The van der Waals surface area contributed by atoms with Crippen molar-refractivity contribution in [3.05, 3.63) is 54.1 Å². The average Bonchev–Trinajstić information content (AvgIpc) is 2.68. The molecule has 0 heterocycles. The standard InChI is InChI=1S/C21H26N2O3/c1-4-23(5-2)18-11-9-17(10-12-18)22-21(25)14-13-20(24)16-7-6-8-19(15-16)26-3/h6-12,15H,4-5,13-14H2,1-3H3,(H,22,25). The van der Waals surface area contributed by atoms with Gasteiger partial charge in [0.25, 0.3) is 0 Å². The lowest BCUT2D eigenvalue weighted by molar-refractivity contribution is -0.116. The van der Waals surface area contributed by atoms with Crippen LogP contribution in [0.1, 0.15) is 37.0 Å². The molecule has 138 valence electrons. The summed E-state index contributed by atoms with van der Waals surface area (Å²) in [5.41, 5.74) is 2.42. The first-order valence-corrected chi connectivity index (χ1v) is 8.89. The molecule has 0 radical (unpaired) electrons. The normalized spacial score (nSPS) is 10.3. The number of ketones is 1. The van der Waals surface area contributed by atoms with Gasteiger partial charge in [-0.2, -0.15) is 0 Å². The summed E-state index contributed by atoms with van der Waals surface area (Å²) in [4.78, 5) is 26.6. The number of rotatable bonds is 9. The molecule has 0 unspecified atom stereocenters. The van der Waals surface area contributed by atoms with E-state index < -0.39 is 0 Å². The monoisotopic (exact) mass is 354 g/mol. The third-order valence-electron chi connectivity index (χ3n) is 4.25. The molecule has 0 aliphatic heterocycles. The molecule has 26 heavy (non-hydrogen) atoms. The molecule has 2 aromatic rings. The number of nitrogens with zero attached hydrogens (tertiary/aromatic N) is 1. The smallest absolute Gasteiger partial charge is 0.224 e. The fourth-order valence-corrected chi connectivity index (χ4v) is 2.74. The SMILES string of the molecule is CCN(CC)c1ccc(NC(=O)CCC(=O)c2cccc(OC)c2)cc1. The molecule has 1 N–H and O–H groups in total. The molecule has 2 aromatic carbocycles. The molecule has 0 aliphatic carbocycles. The number of hydrogen-bond acceptors (Lipinski definition) is 4. The molecule has 0 aromatic heterocycles. The summed E-state index contributed by atoms with van der Waals surface area (Å²) >= 11 is 0. The minimum atomic E-state index is -0.170. The predicted octanol–water partition coefficient (Wildman–Crippen LogP) is 4.14. The van der Waals surface area contributed by atoms with Crippen LogP contribution in [-0.4, -0.2) is 31.9 Å². The molecule has 0 fully saturated rings. The second kappa shape index (κ2) is 9.61. The molecule has 5 heteroatoms. The Labute approximate surface area is 155 Å². The van der Waals surface area contributed by atoms with Gasteiger partial charge < -0.3 is 15.0 Å². The fraction of sp³-hybridized carbons (Fsp3) is 0.333. The van der Waals surface area contributed by atoms with Crippen molar-refractivity contribution in [2.75, 3.05) is 30.4 Å². The van der Waals surface area contributed by atoms with Crippen LogP contribution in [0.4, 0.5) is 11.4 Å². The second-order valence-electron chi connectivity index (χ2n) is 5.92. The van der Waals surface area contributed by atoms with Crippen LogP contribution in [0.2, 0.25) is 0 Å². The van der Waals surface area contributed by atoms with Crippen LogP contribution in [0.15, 0.2) is 48.5 Å². The van der Waals surface area contributed by atoms with Crippen molar-refractivity contribution >= 4 is 23.1 Å². The zero-order valence-electron chi connectivity index (χ0n) is 15.6. The number of amides is 1. The van der Waals surface area contributed by atoms with Crippen molar-refractivity contribution in [1.82, 2.24) is 0 Å². The van der Waals surface area contributed by atoms with Crippen molar-refractivity contribution < 1.29 is 14.3 Å². The summed E-state index contributed by atoms with van der Waals surface area (Å²) in [5, 5.41) is 2.84. The second-order valence-corrected chi connectivity index (χ2v) is 5.92. The number of carbonyl (C=O) groups is 2. The summed E-state index contributed by atoms with van der Waals surface area (Å²) in [6.45, 7) is 6.10. The van der Waals surface area contributed by atoms with Crippen LogP contribution in [0.25, 0.3) is 0 Å². The minimum Gasteiger partial charge on any atom is -0.497 e. The van der Waals surface area contributed by atoms with Gasteiger partial charge in [0.1, 0.15) is 5.75 Å². The molecule has 0 saturated heterocycles. The predicted molar refractivity (Wildman–Crippen MR) is 105 cm³/mol. The van der Waals surface area contributed by atoms with Crippen LogP contribution in [0.3, 0.4) is 0 Å². The molecule has 0 aliphatic rings. The van der Waals surface area contributed by atoms with E-state index in [9.17, 15) is 9.59 Å². The maximum absolute atomic E-state index is 12.2. The summed E-state index contributed by atoms with van der Waals surface area (Å²) in [5.74, 6) is 0.390. The quantitative estimate of drug-likeness (QED) is 0.688. The van der Waals surface area contributed by atoms with Gasteiger partial charge >= 0.3 is 0 Å².